The standard InChI is InChI=1S/C18H22N4O/c1-21(2)16-8-6-14(7-9-16)18(23)20-15-10-12-22(13-15)17-5-3-4-11-19-17/h3-9,11,15H,10,12-13H2,1-2H3,(H,20,23). The van der Waals surface area contributed by atoms with Gasteiger partial charge in [0.1, 0.15) is 5.82 Å². The fourth-order valence-corrected chi connectivity index (χ4v) is 2.81. The highest BCUT2D eigenvalue weighted by Crippen LogP contribution is 2.18. The molecule has 2 heterocycles. The Kier molecular flexibility index (Phi) is 4.46. The van der Waals surface area contributed by atoms with Crippen molar-refractivity contribution in [1.82, 2.24) is 10.3 Å². The summed E-state index contributed by atoms with van der Waals surface area (Å²) in [4.78, 5) is 21.0. The highest BCUT2D eigenvalue weighted by Gasteiger charge is 2.24. The van der Waals surface area contributed by atoms with Gasteiger partial charge in [-0.25, -0.2) is 4.98 Å². The Hall–Kier alpha value is -2.56. The normalized spacial score (nSPS) is 17.1. The molecule has 0 radical (unpaired) electrons. The molecule has 0 saturated carbocycles. The van der Waals surface area contributed by atoms with E-state index in [0.717, 1.165) is 31.0 Å². The van der Waals surface area contributed by atoms with E-state index in [-0.39, 0.29) is 11.9 Å². The molecule has 1 fully saturated rings. The van der Waals surface area contributed by atoms with Gasteiger partial charge in [-0.3, -0.25) is 4.79 Å². The Morgan fingerprint density at radius 1 is 1.22 bits per heavy atom. The van der Waals surface area contributed by atoms with Crippen LogP contribution in [0, 0.1) is 0 Å². The summed E-state index contributed by atoms with van der Waals surface area (Å²) < 4.78 is 0. The van der Waals surface area contributed by atoms with Crippen LogP contribution >= 0.6 is 0 Å². The molecular weight excluding hydrogens is 288 g/mol. The van der Waals surface area contributed by atoms with Crippen molar-refractivity contribution in [2.24, 2.45) is 0 Å². The number of anilines is 2. The average Bonchev–Trinajstić information content (AvgIpc) is 3.04. The van der Waals surface area contributed by atoms with Crippen molar-refractivity contribution < 1.29 is 4.79 Å². The lowest BCUT2D eigenvalue weighted by Crippen LogP contribution is -2.37. The molecule has 120 valence electrons. The van der Waals surface area contributed by atoms with Crippen LogP contribution < -0.4 is 15.1 Å². The molecule has 0 bridgehead atoms. The fraction of sp³-hybridized carbons (Fsp3) is 0.333. The van der Waals surface area contributed by atoms with Gasteiger partial charge in [0.15, 0.2) is 0 Å². The predicted molar refractivity (Wildman–Crippen MR) is 93.1 cm³/mol. The maximum Gasteiger partial charge on any atom is 0.251 e. The van der Waals surface area contributed by atoms with E-state index in [4.69, 9.17) is 0 Å². The molecule has 1 aromatic carbocycles. The highest BCUT2D eigenvalue weighted by atomic mass is 16.1. The van der Waals surface area contributed by atoms with Crippen molar-refractivity contribution in [3.63, 3.8) is 0 Å². The number of carbonyl (C=O) groups is 1. The van der Waals surface area contributed by atoms with Crippen molar-refractivity contribution in [2.75, 3.05) is 37.0 Å². The summed E-state index contributed by atoms with van der Waals surface area (Å²) in [7, 11) is 3.97. The Morgan fingerprint density at radius 2 is 2.00 bits per heavy atom. The number of pyridine rings is 1. The van der Waals surface area contributed by atoms with Gasteiger partial charge in [0, 0.05) is 50.7 Å². The first-order valence-corrected chi connectivity index (χ1v) is 7.88. The third-order valence-corrected chi connectivity index (χ3v) is 4.14. The summed E-state index contributed by atoms with van der Waals surface area (Å²) >= 11 is 0. The molecule has 23 heavy (non-hydrogen) atoms. The second-order valence-corrected chi connectivity index (χ2v) is 6.03. The molecule has 1 N–H and O–H groups in total. The smallest absolute Gasteiger partial charge is 0.251 e. The van der Waals surface area contributed by atoms with Crippen LogP contribution in [0.25, 0.3) is 0 Å². The summed E-state index contributed by atoms with van der Waals surface area (Å²) in [5.74, 6) is 0.961. The first-order valence-electron chi connectivity index (χ1n) is 7.88. The van der Waals surface area contributed by atoms with E-state index in [9.17, 15) is 4.79 Å². The molecule has 1 saturated heterocycles. The number of aromatic nitrogens is 1. The molecule has 1 aliphatic heterocycles. The quantitative estimate of drug-likeness (QED) is 0.940. The minimum atomic E-state index is -0.0109. The molecule has 1 unspecified atom stereocenters. The first-order chi connectivity index (χ1) is 11.1. The molecule has 3 rings (SSSR count). The van der Waals surface area contributed by atoms with Crippen molar-refractivity contribution in [1.29, 1.82) is 0 Å². The lowest BCUT2D eigenvalue weighted by atomic mass is 10.1. The zero-order chi connectivity index (χ0) is 16.2. The van der Waals surface area contributed by atoms with Gasteiger partial charge in [0.2, 0.25) is 0 Å². The molecule has 1 aromatic heterocycles. The third kappa shape index (κ3) is 3.62. The summed E-state index contributed by atoms with van der Waals surface area (Å²) in [5.41, 5.74) is 1.79. The average molecular weight is 310 g/mol. The second-order valence-electron chi connectivity index (χ2n) is 6.03. The topological polar surface area (TPSA) is 48.5 Å². The molecule has 0 aliphatic carbocycles. The fourth-order valence-electron chi connectivity index (χ4n) is 2.81. The third-order valence-electron chi connectivity index (χ3n) is 4.14. The molecule has 1 aliphatic rings. The van der Waals surface area contributed by atoms with E-state index in [0.29, 0.717) is 5.56 Å². The largest absolute Gasteiger partial charge is 0.378 e. The van der Waals surface area contributed by atoms with Crippen molar-refractivity contribution in [2.45, 2.75) is 12.5 Å². The maximum atomic E-state index is 12.4. The zero-order valence-corrected chi connectivity index (χ0v) is 13.6. The van der Waals surface area contributed by atoms with Crippen LogP contribution in [0.2, 0.25) is 0 Å². The van der Waals surface area contributed by atoms with Gasteiger partial charge >= 0.3 is 0 Å². The summed E-state index contributed by atoms with van der Waals surface area (Å²) in [6, 6.07) is 13.7. The molecule has 1 atom stereocenters. The zero-order valence-electron chi connectivity index (χ0n) is 13.6. The Bertz CT molecular complexity index is 654. The van der Waals surface area contributed by atoms with Crippen LogP contribution in [-0.2, 0) is 0 Å². The molecule has 5 nitrogen and oxygen atoms in total. The van der Waals surface area contributed by atoms with E-state index in [2.05, 4.69) is 15.2 Å². The minimum absolute atomic E-state index is 0.0109. The van der Waals surface area contributed by atoms with Gasteiger partial charge in [-0.1, -0.05) is 6.07 Å². The van der Waals surface area contributed by atoms with Crippen molar-refractivity contribution in [3.8, 4) is 0 Å². The maximum absolute atomic E-state index is 12.4. The van der Waals surface area contributed by atoms with Crippen LogP contribution in [-0.4, -0.2) is 44.1 Å². The predicted octanol–water partition coefficient (Wildman–Crippen LogP) is 2.16. The number of benzene rings is 1. The number of amides is 1. The van der Waals surface area contributed by atoms with Crippen LogP contribution in [0.15, 0.2) is 48.7 Å². The van der Waals surface area contributed by atoms with Gasteiger partial charge in [-0.05, 0) is 42.8 Å². The SMILES string of the molecule is CN(C)c1ccc(C(=O)NC2CCN(c3ccccn3)C2)cc1. The van der Waals surface area contributed by atoms with E-state index in [1.54, 1.807) is 6.20 Å². The molecule has 0 spiro atoms. The van der Waals surface area contributed by atoms with Gasteiger partial charge in [0.05, 0.1) is 0 Å². The number of nitrogens with zero attached hydrogens (tertiary/aromatic N) is 3. The molecule has 5 heteroatoms. The Labute approximate surface area is 136 Å². The van der Waals surface area contributed by atoms with Crippen LogP contribution in [0.5, 0.6) is 0 Å². The van der Waals surface area contributed by atoms with E-state index in [1.807, 2.05) is 61.5 Å². The van der Waals surface area contributed by atoms with Crippen LogP contribution in [0.1, 0.15) is 16.8 Å². The second kappa shape index (κ2) is 6.69. The molecule has 2 aromatic rings. The number of carbonyl (C=O) groups excluding carboxylic acids is 1. The van der Waals surface area contributed by atoms with Gasteiger partial charge in [0.25, 0.3) is 5.91 Å². The molecular formula is C18H22N4O. The minimum Gasteiger partial charge on any atom is -0.378 e. The number of hydrogen-bond donors (Lipinski definition) is 1. The number of rotatable bonds is 4. The lowest BCUT2D eigenvalue weighted by molar-refractivity contribution is 0.0940. The van der Waals surface area contributed by atoms with E-state index in [1.165, 1.54) is 0 Å². The highest BCUT2D eigenvalue weighted by molar-refractivity contribution is 5.94. The number of hydrogen-bond acceptors (Lipinski definition) is 4. The van der Waals surface area contributed by atoms with Gasteiger partial charge < -0.3 is 15.1 Å². The first kappa shape index (κ1) is 15.3. The summed E-state index contributed by atoms with van der Waals surface area (Å²) in [5, 5.41) is 3.12. The van der Waals surface area contributed by atoms with E-state index >= 15 is 0 Å². The lowest BCUT2D eigenvalue weighted by Gasteiger charge is -2.18. The Balaban J connectivity index is 1.58. The Morgan fingerprint density at radius 3 is 2.65 bits per heavy atom. The van der Waals surface area contributed by atoms with Gasteiger partial charge in [-0.15, -0.1) is 0 Å². The van der Waals surface area contributed by atoms with E-state index < -0.39 is 0 Å². The van der Waals surface area contributed by atoms with Crippen molar-refractivity contribution in [3.05, 3.63) is 54.2 Å². The van der Waals surface area contributed by atoms with Crippen LogP contribution in [0.3, 0.4) is 0 Å². The summed E-state index contributed by atoms with van der Waals surface area (Å²) in [6.45, 7) is 1.72. The summed E-state index contributed by atoms with van der Waals surface area (Å²) in [6.07, 6.45) is 2.74. The van der Waals surface area contributed by atoms with Gasteiger partial charge in [-0.2, -0.15) is 0 Å². The molecule has 1 amide bonds. The number of nitrogens with one attached hydrogen (secondary N) is 1. The monoisotopic (exact) mass is 310 g/mol. The van der Waals surface area contributed by atoms with Crippen LogP contribution in [0.4, 0.5) is 11.5 Å². The van der Waals surface area contributed by atoms with Crippen molar-refractivity contribution >= 4 is 17.4 Å².